The first-order chi connectivity index (χ1) is 13.8. The van der Waals surface area contributed by atoms with Gasteiger partial charge >= 0.3 is 5.97 Å². The molecule has 0 radical (unpaired) electrons. The van der Waals surface area contributed by atoms with Gasteiger partial charge in [-0.1, -0.05) is 53.6 Å². The fourth-order valence-electron chi connectivity index (χ4n) is 3.70. The smallest absolute Gasteiger partial charge is 0.338 e. The van der Waals surface area contributed by atoms with Gasteiger partial charge in [-0.2, -0.15) is 0 Å². The summed E-state index contributed by atoms with van der Waals surface area (Å²) in [5.41, 5.74) is 10.9. The molecule has 0 bridgehead atoms. The molecule has 0 saturated carbocycles. The van der Waals surface area contributed by atoms with Crippen LogP contribution in [0.15, 0.2) is 59.7 Å². The normalized spacial score (nSPS) is 16.9. The molecule has 0 spiro atoms. The number of hydrogen-bond acceptors (Lipinski definition) is 4. The number of benzene rings is 2. The van der Waals surface area contributed by atoms with Crippen LogP contribution in [0.2, 0.25) is 0 Å². The lowest BCUT2D eigenvalue weighted by molar-refractivity contribution is 0.0355. The average Bonchev–Trinajstić information content (AvgIpc) is 2.76. The number of rotatable bonds is 8. The van der Waals surface area contributed by atoms with Crippen molar-refractivity contribution >= 4 is 5.97 Å². The van der Waals surface area contributed by atoms with E-state index >= 15 is 0 Å². The topological polar surface area (TPSA) is 78.3 Å². The number of piperidine rings is 1. The summed E-state index contributed by atoms with van der Waals surface area (Å²) < 4.78 is 5.69. The molecule has 1 heterocycles. The largest absolute Gasteiger partial charge is 0.462 e. The van der Waals surface area contributed by atoms with E-state index in [1.807, 2.05) is 54.6 Å². The Hall–Kier alpha value is -2.82. The molecule has 2 aromatic carbocycles. The van der Waals surface area contributed by atoms with Gasteiger partial charge in [-0.15, -0.1) is 0 Å². The summed E-state index contributed by atoms with van der Waals surface area (Å²) >= 11 is 0. The molecule has 1 aliphatic heterocycles. The van der Waals surface area contributed by atoms with E-state index in [0.717, 1.165) is 50.0 Å². The Bertz CT molecular complexity index is 818. The highest BCUT2D eigenvalue weighted by Gasteiger charge is 2.22. The number of nitrogens with zero attached hydrogens (tertiary/aromatic N) is 4. The first-order valence-corrected chi connectivity index (χ1v) is 9.82. The van der Waals surface area contributed by atoms with Crippen molar-refractivity contribution in [1.82, 2.24) is 4.90 Å². The quantitative estimate of drug-likeness (QED) is 0.215. The molecular weight excluding hydrogens is 352 g/mol. The maximum atomic E-state index is 12.7. The zero-order valence-electron chi connectivity index (χ0n) is 16.0. The van der Waals surface area contributed by atoms with Crippen LogP contribution in [0.5, 0.6) is 0 Å². The second-order valence-corrected chi connectivity index (χ2v) is 7.13. The molecule has 6 heteroatoms. The van der Waals surface area contributed by atoms with Crippen LogP contribution in [0.4, 0.5) is 0 Å². The van der Waals surface area contributed by atoms with Crippen LogP contribution in [0.3, 0.4) is 0 Å². The van der Waals surface area contributed by atoms with Gasteiger partial charge < -0.3 is 9.64 Å². The fourth-order valence-corrected chi connectivity index (χ4v) is 3.70. The summed E-state index contributed by atoms with van der Waals surface area (Å²) in [5, 5.41) is 3.59. The highest BCUT2D eigenvalue weighted by atomic mass is 16.5. The maximum Gasteiger partial charge on any atom is 0.338 e. The average molecular weight is 378 g/mol. The van der Waals surface area contributed by atoms with Crippen LogP contribution >= 0.6 is 0 Å². The highest BCUT2D eigenvalue weighted by Crippen LogP contribution is 2.25. The molecule has 1 unspecified atom stereocenters. The van der Waals surface area contributed by atoms with Crippen LogP contribution in [0.1, 0.15) is 29.6 Å². The van der Waals surface area contributed by atoms with E-state index in [-0.39, 0.29) is 5.97 Å². The van der Waals surface area contributed by atoms with Crippen molar-refractivity contribution in [2.75, 3.05) is 32.8 Å². The van der Waals surface area contributed by atoms with E-state index in [0.29, 0.717) is 24.6 Å². The van der Waals surface area contributed by atoms with Gasteiger partial charge in [0.05, 0.1) is 12.2 Å². The van der Waals surface area contributed by atoms with Gasteiger partial charge in [0.1, 0.15) is 0 Å². The van der Waals surface area contributed by atoms with E-state index in [1.165, 1.54) is 0 Å². The van der Waals surface area contributed by atoms with Gasteiger partial charge in [-0.05, 0) is 55.1 Å². The van der Waals surface area contributed by atoms with E-state index in [2.05, 4.69) is 14.9 Å². The minimum Gasteiger partial charge on any atom is -0.462 e. The van der Waals surface area contributed by atoms with Crippen LogP contribution in [0, 0.1) is 5.92 Å². The number of ether oxygens (including phenoxy) is 1. The Morgan fingerprint density at radius 1 is 1.18 bits per heavy atom. The maximum absolute atomic E-state index is 12.7. The van der Waals surface area contributed by atoms with Crippen molar-refractivity contribution in [2.24, 2.45) is 11.0 Å². The van der Waals surface area contributed by atoms with Crippen molar-refractivity contribution in [2.45, 2.75) is 19.3 Å². The molecular formula is C22H26N4O2. The third kappa shape index (κ3) is 5.59. The van der Waals surface area contributed by atoms with E-state index < -0.39 is 0 Å². The first-order valence-electron chi connectivity index (χ1n) is 9.82. The van der Waals surface area contributed by atoms with Crippen molar-refractivity contribution in [1.29, 1.82) is 0 Å². The number of hydrogen-bond donors (Lipinski definition) is 0. The Labute approximate surface area is 165 Å². The lowest BCUT2D eigenvalue weighted by Gasteiger charge is -2.32. The van der Waals surface area contributed by atoms with E-state index in [4.69, 9.17) is 10.3 Å². The predicted molar refractivity (Wildman–Crippen MR) is 110 cm³/mol. The van der Waals surface area contributed by atoms with Crippen molar-refractivity contribution in [3.8, 4) is 11.1 Å². The van der Waals surface area contributed by atoms with E-state index in [9.17, 15) is 4.79 Å². The molecule has 1 atom stereocenters. The van der Waals surface area contributed by atoms with Gasteiger partial charge in [0.15, 0.2) is 0 Å². The van der Waals surface area contributed by atoms with Crippen LogP contribution in [-0.4, -0.2) is 43.7 Å². The lowest BCUT2D eigenvalue weighted by Crippen LogP contribution is -2.38. The fraction of sp³-hybridized carbons (Fsp3) is 0.409. The third-order valence-corrected chi connectivity index (χ3v) is 5.08. The van der Waals surface area contributed by atoms with Gasteiger partial charge in [0.2, 0.25) is 0 Å². The molecule has 0 aromatic heterocycles. The van der Waals surface area contributed by atoms with Crippen molar-refractivity contribution in [3.05, 3.63) is 70.6 Å². The Morgan fingerprint density at radius 3 is 2.79 bits per heavy atom. The summed E-state index contributed by atoms with van der Waals surface area (Å²) in [4.78, 5) is 17.9. The predicted octanol–water partition coefficient (Wildman–Crippen LogP) is 4.92. The summed E-state index contributed by atoms with van der Waals surface area (Å²) in [6, 6.07) is 17.5. The van der Waals surface area contributed by atoms with Crippen LogP contribution < -0.4 is 0 Å². The molecule has 1 fully saturated rings. The minimum atomic E-state index is -0.264. The molecule has 6 nitrogen and oxygen atoms in total. The Kier molecular flexibility index (Phi) is 7.47. The van der Waals surface area contributed by atoms with Crippen LogP contribution in [0.25, 0.3) is 21.6 Å². The molecule has 0 amide bonds. The number of carbonyl (C=O) groups is 1. The zero-order chi connectivity index (χ0) is 19.6. The number of likely N-dealkylation sites (tertiary alicyclic amines) is 1. The Balaban J connectivity index is 1.55. The second kappa shape index (κ2) is 10.5. The number of azide groups is 1. The standard InChI is InChI=1S/C22H26N4O2/c23-25-24-13-7-15-26-14-6-8-18(16-26)17-28-22(27)21-12-5-4-11-20(21)19-9-2-1-3-10-19/h1-5,9-12,18H,6-8,13-17H2. The molecule has 0 N–H and O–H groups in total. The zero-order valence-corrected chi connectivity index (χ0v) is 16.0. The molecule has 3 rings (SSSR count). The summed E-state index contributed by atoms with van der Waals surface area (Å²) in [5.74, 6) is 0.0842. The monoisotopic (exact) mass is 378 g/mol. The summed E-state index contributed by atoms with van der Waals surface area (Å²) in [6.45, 7) is 3.86. The molecule has 146 valence electrons. The van der Waals surface area contributed by atoms with Gasteiger partial charge in [0, 0.05) is 23.9 Å². The highest BCUT2D eigenvalue weighted by molar-refractivity contribution is 5.97. The van der Waals surface area contributed by atoms with Crippen molar-refractivity contribution in [3.63, 3.8) is 0 Å². The SMILES string of the molecule is [N-]=[N+]=NCCCN1CCCC(COC(=O)c2ccccc2-c2ccccc2)C1. The number of carbonyl (C=O) groups excluding carboxylic acids is 1. The van der Waals surface area contributed by atoms with Gasteiger partial charge in [-0.25, -0.2) is 4.79 Å². The first kappa shape index (κ1) is 19.9. The molecule has 28 heavy (non-hydrogen) atoms. The van der Waals surface area contributed by atoms with Gasteiger partial charge in [0.25, 0.3) is 0 Å². The minimum absolute atomic E-state index is 0.264. The number of esters is 1. The van der Waals surface area contributed by atoms with E-state index in [1.54, 1.807) is 0 Å². The summed E-state index contributed by atoms with van der Waals surface area (Å²) in [6.07, 6.45) is 3.03. The van der Waals surface area contributed by atoms with Crippen LogP contribution in [-0.2, 0) is 4.74 Å². The summed E-state index contributed by atoms with van der Waals surface area (Å²) in [7, 11) is 0. The van der Waals surface area contributed by atoms with Gasteiger partial charge in [-0.3, -0.25) is 0 Å². The lowest BCUT2D eigenvalue weighted by atomic mass is 9.98. The van der Waals surface area contributed by atoms with Crippen molar-refractivity contribution < 1.29 is 9.53 Å². The molecule has 2 aromatic rings. The molecule has 1 aliphatic rings. The second-order valence-electron chi connectivity index (χ2n) is 7.13. The molecule has 0 aliphatic carbocycles. The molecule has 1 saturated heterocycles. The third-order valence-electron chi connectivity index (χ3n) is 5.08. The Morgan fingerprint density at radius 2 is 1.96 bits per heavy atom.